The van der Waals surface area contributed by atoms with Crippen molar-refractivity contribution < 1.29 is 8.83 Å². The van der Waals surface area contributed by atoms with Gasteiger partial charge in [-0.25, -0.2) is 0 Å². The Morgan fingerprint density at radius 3 is 2.84 bits per heavy atom. The lowest BCUT2D eigenvalue weighted by Crippen LogP contribution is -1.79. The molecule has 0 spiro atoms. The smallest absolute Gasteiger partial charge is 0.170 e. The first-order valence-electron chi connectivity index (χ1n) is 5.83. The minimum atomic E-state index is 0.669. The van der Waals surface area contributed by atoms with Crippen molar-refractivity contribution in [2.45, 2.75) is 0 Å². The average Bonchev–Trinajstić information content (AvgIpc) is 3.07. The van der Waals surface area contributed by atoms with Crippen LogP contribution in [0.3, 0.4) is 0 Å². The van der Waals surface area contributed by atoms with E-state index in [1.165, 1.54) is 0 Å². The Morgan fingerprint density at radius 1 is 1.05 bits per heavy atom. The molecule has 0 aliphatic rings. The summed E-state index contributed by atoms with van der Waals surface area (Å²) in [7, 11) is 0. The molecule has 0 amide bonds. The molecule has 0 aliphatic carbocycles. The lowest BCUT2D eigenvalue weighted by atomic mass is 10.1. The molecule has 0 fully saturated rings. The number of hydrogen-bond acceptors (Lipinski definition) is 3. The van der Waals surface area contributed by atoms with Crippen LogP contribution in [0, 0.1) is 0 Å². The van der Waals surface area contributed by atoms with E-state index in [0.717, 1.165) is 21.9 Å². The maximum atomic E-state index is 6.27. The van der Waals surface area contributed by atoms with Crippen LogP contribution in [0.4, 0.5) is 0 Å². The van der Waals surface area contributed by atoms with Gasteiger partial charge in [-0.2, -0.15) is 0 Å². The number of aromatic nitrogens is 1. The van der Waals surface area contributed by atoms with Crippen molar-refractivity contribution in [2.75, 3.05) is 0 Å². The molecule has 0 unspecified atom stereocenters. The highest BCUT2D eigenvalue weighted by Gasteiger charge is 2.13. The van der Waals surface area contributed by atoms with E-state index >= 15 is 0 Å². The van der Waals surface area contributed by atoms with Crippen molar-refractivity contribution in [3.05, 3.63) is 53.9 Å². The minimum absolute atomic E-state index is 0.669. The average molecular weight is 270 g/mol. The van der Waals surface area contributed by atoms with Gasteiger partial charge in [0.2, 0.25) is 0 Å². The summed E-state index contributed by atoms with van der Waals surface area (Å²) in [5.74, 6) is 1.37. The number of pyridine rings is 1. The molecule has 4 rings (SSSR count). The van der Waals surface area contributed by atoms with Crippen LogP contribution in [-0.4, -0.2) is 4.98 Å². The normalized spacial score (nSPS) is 11.4. The Kier molecular flexibility index (Phi) is 2.17. The van der Waals surface area contributed by atoms with E-state index in [0.29, 0.717) is 16.5 Å². The third kappa shape index (κ3) is 1.55. The lowest BCUT2D eigenvalue weighted by molar-refractivity contribution is 0.543. The van der Waals surface area contributed by atoms with Crippen molar-refractivity contribution in [1.82, 2.24) is 4.98 Å². The summed E-state index contributed by atoms with van der Waals surface area (Å²) in [6.07, 6.45) is 3.35. The van der Waals surface area contributed by atoms with Crippen molar-refractivity contribution in [1.29, 1.82) is 0 Å². The Bertz CT molecular complexity index is 878. The van der Waals surface area contributed by atoms with Gasteiger partial charge in [0.15, 0.2) is 17.1 Å². The van der Waals surface area contributed by atoms with E-state index in [-0.39, 0.29) is 0 Å². The standard InChI is InChI=1S/C15H8ClNO2/c16-11-7-9-8-13(12-4-2-6-18-12)19-15(9)14-10(11)3-1-5-17-14/h1-8H. The molecule has 0 N–H and O–H groups in total. The SMILES string of the molecule is Clc1cc2cc(-c3ccco3)oc2c2ncccc12. The summed E-state index contributed by atoms with van der Waals surface area (Å²) < 4.78 is 11.2. The van der Waals surface area contributed by atoms with Gasteiger partial charge in [0.25, 0.3) is 0 Å². The molecule has 3 heterocycles. The van der Waals surface area contributed by atoms with Crippen LogP contribution in [0.5, 0.6) is 0 Å². The maximum absolute atomic E-state index is 6.27. The van der Waals surface area contributed by atoms with Crippen LogP contribution >= 0.6 is 11.6 Å². The quantitative estimate of drug-likeness (QED) is 0.494. The number of nitrogens with zero attached hydrogens (tertiary/aromatic N) is 1. The van der Waals surface area contributed by atoms with E-state index in [2.05, 4.69) is 4.98 Å². The first-order chi connectivity index (χ1) is 9.33. The molecule has 4 heteroatoms. The number of hydrogen-bond donors (Lipinski definition) is 0. The molecule has 0 bridgehead atoms. The fraction of sp³-hybridized carbons (Fsp3) is 0. The maximum Gasteiger partial charge on any atom is 0.170 e. The van der Waals surface area contributed by atoms with Gasteiger partial charge in [0.05, 0.1) is 11.3 Å². The van der Waals surface area contributed by atoms with E-state index in [1.54, 1.807) is 12.5 Å². The molecule has 0 atom stereocenters. The van der Waals surface area contributed by atoms with E-state index in [9.17, 15) is 0 Å². The predicted molar refractivity (Wildman–Crippen MR) is 74.2 cm³/mol. The van der Waals surface area contributed by atoms with Crippen LogP contribution < -0.4 is 0 Å². The second-order valence-corrected chi connectivity index (χ2v) is 4.67. The summed E-state index contributed by atoms with van der Waals surface area (Å²) in [4.78, 5) is 4.36. The lowest BCUT2D eigenvalue weighted by Gasteiger charge is -1.99. The van der Waals surface area contributed by atoms with E-state index in [4.69, 9.17) is 20.4 Å². The Hall–Kier alpha value is -2.26. The summed E-state index contributed by atoms with van der Waals surface area (Å²) in [5.41, 5.74) is 1.49. The fourth-order valence-corrected chi connectivity index (χ4v) is 2.50. The van der Waals surface area contributed by atoms with Gasteiger partial charge in [-0.05, 0) is 36.4 Å². The third-order valence-corrected chi connectivity index (χ3v) is 3.40. The molecule has 0 saturated heterocycles. The highest BCUT2D eigenvalue weighted by molar-refractivity contribution is 6.37. The zero-order chi connectivity index (χ0) is 12.8. The number of halogens is 1. The predicted octanol–water partition coefficient (Wildman–Crippen LogP) is 4.89. The molecular weight excluding hydrogens is 262 g/mol. The molecular formula is C15H8ClNO2. The molecule has 0 aliphatic heterocycles. The number of rotatable bonds is 1. The van der Waals surface area contributed by atoms with Crippen molar-refractivity contribution >= 4 is 33.5 Å². The fourth-order valence-electron chi connectivity index (χ4n) is 2.23. The summed E-state index contributed by atoms with van der Waals surface area (Å²) in [5, 5.41) is 2.47. The second kappa shape index (κ2) is 3.87. The third-order valence-electron chi connectivity index (χ3n) is 3.09. The summed E-state index contributed by atoms with van der Waals surface area (Å²) in [6.45, 7) is 0. The highest BCUT2D eigenvalue weighted by Crippen LogP contribution is 2.35. The zero-order valence-electron chi connectivity index (χ0n) is 9.76. The molecule has 92 valence electrons. The van der Waals surface area contributed by atoms with Crippen LogP contribution in [0.15, 0.2) is 57.7 Å². The van der Waals surface area contributed by atoms with Crippen molar-refractivity contribution in [3.63, 3.8) is 0 Å². The Balaban J connectivity index is 2.11. The van der Waals surface area contributed by atoms with Crippen molar-refractivity contribution in [3.8, 4) is 11.5 Å². The van der Waals surface area contributed by atoms with Crippen LogP contribution in [0.1, 0.15) is 0 Å². The van der Waals surface area contributed by atoms with E-state index < -0.39 is 0 Å². The molecule has 0 saturated carbocycles. The van der Waals surface area contributed by atoms with Gasteiger partial charge in [-0.1, -0.05) is 11.6 Å². The van der Waals surface area contributed by atoms with Gasteiger partial charge in [0, 0.05) is 17.0 Å². The van der Waals surface area contributed by atoms with Crippen molar-refractivity contribution in [2.24, 2.45) is 0 Å². The Labute approximate surface area is 113 Å². The van der Waals surface area contributed by atoms with Gasteiger partial charge in [0.1, 0.15) is 5.52 Å². The highest BCUT2D eigenvalue weighted by atomic mass is 35.5. The monoisotopic (exact) mass is 269 g/mol. The summed E-state index contributed by atoms with van der Waals surface area (Å²) >= 11 is 6.27. The minimum Gasteiger partial charge on any atom is -0.461 e. The topological polar surface area (TPSA) is 39.2 Å². The van der Waals surface area contributed by atoms with Gasteiger partial charge in [-0.3, -0.25) is 4.98 Å². The first-order valence-corrected chi connectivity index (χ1v) is 6.21. The number of furan rings is 2. The second-order valence-electron chi connectivity index (χ2n) is 4.26. The molecule has 19 heavy (non-hydrogen) atoms. The van der Waals surface area contributed by atoms with Crippen LogP contribution in [0.2, 0.25) is 5.02 Å². The van der Waals surface area contributed by atoms with Gasteiger partial charge >= 0.3 is 0 Å². The van der Waals surface area contributed by atoms with Crippen LogP contribution in [-0.2, 0) is 0 Å². The molecule has 1 aromatic carbocycles. The largest absolute Gasteiger partial charge is 0.461 e. The zero-order valence-corrected chi connectivity index (χ0v) is 10.5. The molecule has 3 nitrogen and oxygen atoms in total. The van der Waals surface area contributed by atoms with E-state index in [1.807, 2.05) is 36.4 Å². The molecule has 0 radical (unpaired) electrons. The first kappa shape index (κ1) is 10.6. The molecule has 3 aromatic heterocycles. The number of benzene rings is 1. The van der Waals surface area contributed by atoms with Crippen LogP contribution in [0.25, 0.3) is 33.4 Å². The number of fused-ring (bicyclic) bond motifs is 3. The van der Waals surface area contributed by atoms with Gasteiger partial charge in [-0.15, -0.1) is 0 Å². The van der Waals surface area contributed by atoms with Gasteiger partial charge < -0.3 is 8.83 Å². The molecule has 4 aromatic rings. The summed E-state index contributed by atoms with van der Waals surface area (Å²) in [6, 6.07) is 11.3. The Morgan fingerprint density at radius 2 is 2.00 bits per heavy atom.